The maximum absolute atomic E-state index is 14.2. The van der Waals surface area contributed by atoms with E-state index in [9.17, 15) is 14.3 Å². The highest BCUT2D eigenvalue weighted by atomic mass is 19.1. The van der Waals surface area contributed by atoms with Crippen LogP contribution in [0, 0.1) is 5.82 Å². The standard InChI is InChI=1S/C25H29FN4O4/c1-30-23(34-11-9-19-7-5-16-4-3-10-27-25(16)28-19)15-20(29-30)12-18(14-24(31)32)17-6-8-22(33-2)21(26)13-17/h5-8,13,15,18H,3-4,9-12,14H2,1-2H3,(H,27,28)(H,31,32)/t18-/m0/s1. The first kappa shape index (κ1) is 23.5. The Labute approximate surface area is 197 Å². The van der Waals surface area contributed by atoms with Crippen LogP contribution in [0.25, 0.3) is 0 Å². The number of carboxylic acids is 1. The van der Waals surface area contributed by atoms with Gasteiger partial charge in [0, 0.05) is 37.7 Å². The Balaban J connectivity index is 1.40. The van der Waals surface area contributed by atoms with Gasteiger partial charge in [-0.05, 0) is 48.6 Å². The molecule has 1 aromatic carbocycles. The molecule has 180 valence electrons. The number of fused-ring (bicyclic) bond motifs is 1. The summed E-state index contributed by atoms with van der Waals surface area (Å²) in [5.41, 5.74) is 3.47. The van der Waals surface area contributed by atoms with E-state index in [4.69, 9.17) is 9.47 Å². The van der Waals surface area contributed by atoms with E-state index >= 15 is 0 Å². The van der Waals surface area contributed by atoms with Crippen molar-refractivity contribution in [1.29, 1.82) is 0 Å². The number of halogens is 1. The van der Waals surface area contributed by atoms with Crippen molar-refractivity contribution < 1.29 is 23.8 Å². The molecule has 2 N–H and O–H groups in total. The average Bonchev–Trinajstić information content (AvgIpc) is 3.17. The summed E-state index contributed by atoms with van der Waals surface area (Å²) in [6.45, 7) is 1.39. The first-order valence-corrected chi connectivity index (χ1v) is 11.4. The Morgan fingerprint density at radius 1 is 1.26 bits per heavy atom. The van der Waals surface area contributed by atoms with Crippen molar-refractivity contribution in [3.63, 3.8) is 0 Å². The third kappa shape index (κ3) is 5.65. The number of methoxy groups -OCH3 is 1. The monoisotopic (exact) mass is 468 g/mol. The van der Waals surface area contributed by atoms with Crippen LogP contribution in [-0.4, -0.2) is 46.1 Å². The van der Waals surface area contributed by atoms with Crippen LogP contribution >= 0.6 is 0 Å². The van der Waals surface area contributed by atoms with E-state index in [0.29, 0.717) is 36.6 Å². The van der Waals surface area contributed by atoms with Gasteiger partial charge >= 0.3 is 5.97 Å². The van der Waals surface area contributed by atoms with Gasteiger partial charge in [-0.15, -0.1) is 0 Å². The van der Waals surface area contributed by atoms with Crippen molar-refractivity contribution in [2.45, 2.75) is 38.0 Å². The minimum atomic E-state index is -0.958. The highest BCUT2D eigenvalue weighted by Gasteiger charge is 2.20. The Bertz CT molecular complexity index is 1160. The van der Waals surface area contributed by atoms with Crippen LogP contribution in [0.3, 0.4) is 0 Å². The van der Waals surface area contributed by atoms with E-state index in [1.54, 1.807) is 23.9 Å². The number of benzene rings is 1. The molecule has 0 spiro atoms. The molecule has 3 aromatic rings. The number of carboxylic acid groups (broad SMARTS) is 1. The van der Waals surface area contributed by atoms with Gasteiger partial charge in [-0.25, -0.2) is 14.1 Å². The van der Waals surface area contributed by atoms with Gasteiger partial charge in [0.25, 0.3) is 0 Å². The molecule has 0 radical (unpaired) electrons. The summed E-state index contributed by atoms with van der Waals surface area (Å²) >= 11 is 0. The molecule has 0 aliphatic carbocycles. The summed E-state index contributed by atoms with van der Waals surface area (Å²) in [6.07, 6.45) is 3.03. The smallest absolute Gasteiger partial charge is 0.303 e. The van der Waals surface area contributed by atoms with Crippen molar-refractivity contribution in [2.75, 3.05) is 25.6 Å². The molecule has 0 amide bonds. The lowest BCUT2D eigenvalue weighted by Gasteiger charge is -2.17. The first-order valence-electron chi connectivity index (χ1n) is 11.4. The molecule has 34 heavy (non-hydrogen) atoms. The van der Waals surface area contributed by atoms with Crippen LogP contribution in [0.1, 0.15) is 41.3 Å². The minimum absolute atomic E-state index is 0.121. The fourth-order valence-corrected chi connectivity index (χ4v) is 4.22. The number of pyridine rings is 1. The zero-order valence-electron chi connectivity index (χ0n) is 19.4. The average molecular weight is 469 g/mol. The lowest BCUT2D eigenvalue weighted by molar-refractivity contribution is -0.137. The molecule has 0 bridgehead atoms. The van der Waals surface area contributed by atoms with Gasteiger partial charge in [0.05, 0.1) is 25.8 Å². The quantitative estimate of drug-likeness (QED) is 0.468. The summed E-state index contributed by atoms with van der Waals surface area (Å²) in [5, 5.41) is 17.2. The number of nitrogens with one attached hydrogen (secondary N) is 1. The number of aromatic nitrogens is 3. The van der Waals surface area contributed by atoms with Crippen LogP contribution in [0.15, 0.2) is 36.4 Å². The maximum atomic E-state index is 14.2. The van der Waals surface area contributed by atoms with Crippen molar-refractivity contribution in [1.82, 2.24) is 14.8 Å². The lowest BCUT2D eigenvalue weighted by atomic mass is 9.91. The van der Waals surface area contributed by atoms with E-state index in [1.807, 2.05) is 6.07 Å². The van der Waals surface area contributed by atoms with Crippen molar-refractivity contribution in [2.24, 2.45) is 7.05 Å². The molecular formula is C25H29FN4O4. The fourth-order valence-electron chi connectivity index (χ4n) is 4.22. The Morgan fingerprint density at radius 3 is 2.88 bits per heavy atom. The van der Waals surface area contributed by atoms with Gasteiger partial charge < -0.3 is 19.9 Å². The normalized spacial score (nSPS) is 13.6. The van der Waals surface area contributed by atoms with Crippen molar-refractivity contribution in [3.8, 4) is 11.6 Å². The summed E-state index contributed by atoms with van der Waals surface area (Å²) in [6, 6.07) is 10.5. The van der Waals surface area contributed by atoms with Crippen molar-refractivity contribution >= 4 is 11.8 Å². The van der Waals surface area contributed by atoms with E-state index in [1.165, 1.54) is 24.8 Å². The largest absolute Gasteiger partial charge is 0.494 e. The van der Waals surface area contributed by atoms with Gasteiger partial charge in [-0.1, -0.05) is 12.1 Å². The third-order valence-electron chi connectivity index (χ3n) is 5.97. The van der Waals surface area contributed by atoms with Crippen molar-refractivity contribution in [3.05, 3.63) is 64.7 Å². The molecule has 4 rings (SSSR count). The lowest BCUT2D eigenvalue weighted by Crippen LogP contribution is -2.14. The molecule has 1 aliphatic rings. The third-order valence-corrected chi connectivity index (χ3v) is 5.97. The summed E-state index contributed by atoms with van der Waals surface area (Å²) < 4.78 is 26.7. The number of ether oxygens (including phenoxy) is 2. The number of aryl methyl sites for hydroxylation is 2. The Hall–Kier alpha value is -3.62. The van der Waals surface area contributed by atoms with Crippen LogP contribution in [-0.2, 0) is 31.1 Å². The molecule has 0 saturated carbocycles. The van der Waals surface area contributed by atoms with Gasteiger partial charge in [0.1, 0.15) is 5.82 Å². The van der Waals surface area contributed by atoms with Gasteiger partial charge in [0.2, 0.25) is 5.88 Å². The van der Waals surface area contributed by atoms with E-state index < -0.39 is 17.7 Å². The van der Waals surface area contributed by atoms with Crippen LogP contribution in [0.5, 0.6) is 11.6 Å². The second-order valence-electron chi connectivity index (χ2n) is 8.43. The van der Waals surface area contributed by atoms with Gasteiger partial charge in [-0.2, -0.15) is 5.10 Å². The minimum Gasteiger partial charge on any atom is -0.494 e. The SMILES string of the molecule is COc1ccc([C@H](CC(=O)O)Cc2cc(OCCc3ccc4c(n3)NCCC4)n(C)n2)cc1F. The van der Waals surface area contributed by atoms with E-state index in [0.717, 1.165) is 30.9 Å². The zero-order valence-corrected chi connectivity index (χ0v) is 19.4. The molecule has 2 aromatic heterocycles. The van der Waals surface area contributed by atoms with Crippen LogP contribution in [0.4, 0.5) is 10.2 Å². The van der Waals surface area contributed by atoms with E-state index in [-0.39, 0.29) is 12.2 Å². The number of nitrogens with zero attached hydrogens (tertiary/aromatic N) is 3. The molecular weight excluding hydrogens is 439 g/mol. The molecule has 3 heterocycles. The number of rotatable bonds is 10. The first-order chi connectivity index (χ1) is 16.4. The van der Waals surface area contributed by atoms with E-state index in [2.05, 4.69) is 21.5 Å². The summed E-state index contributed by atoms with van der Waals surface area (Å²) in [5.74, 6) is -0.248. The summed E-state index contributed by atoms with van der Waals surface area (Å²) in [4.78, 5) is 16.1. The Morgan fingerprint density at radius 2 is 2.12 bits per heavy atom. The second-order valence-corrected chi connectivity index (χ2v) is 8.43. The maximum Gasteiger partial charge on any atom is 0.303 e. The molecule has 9 heteroatoms. The molecule has 8 nitrogen and oxygen atoms in total. The van der Waals surface area contributed by atoms with Gasteiger partial charge in [-0.3, -0.25) is 4.79 Å². The highest BCUT2D eigenvalue weighted by molar-refractivity contribution is 5.68. The predicted octanol–water partition coefficient (Wildman–Crippen LogP) is 3.74. The number of carbonyl (C=O) groups is 1. The molecule has 1 aliphatic heterocycles. The molecule has 0 unspecified atom stereocenters. The zero-order chi connectivity index (χ0) is 24.1. The second kappa shape index (κ2) is 10.5. The Kier molecular flexibility index (Phi) is 7.30. The number of aliphatic carboxylic acids is 1. The highest BCUT2D eigenvalue weighted by Crippen LogP contribution is 2.29. The molecule has 1 atom stereocenters. The molecule has 0 saturated heterocycles. The fraction of sp³-hybridized carbons (Fsp3) is 0.400. The number of hydrogen-bond donors (Lipinski definition) is 2. The molecule has 0 fully saturated rings. The summed E-state index contributed by atoms with van der Waals surface area (Å²) in [7, 11) is 3.17. The number of anilines is 1. The topological polar surface area (TPSA) is 98.5 Å². The predicted molar refractivity (Wildman–Crippen MR) is 125 cm³/mol. The van der Waals surface area contributed by atoms with Gasteiger partial charge in [0.15, 0.2) is 11.6 Å². The van der Waals surface area contributed by atoms with Crippen LogP contribution < -0.4 is 14.8 Å². The van der Waals surface area contributed by atoms with Crippen LogP contribution in [0.2, 0.25) is 0 Å². The number of hydrogen-bond acceptors (Lipinski definition) is 6.